The van der Waals surface area contributed by atoms with E-state index < -0.39 is 23.2 Å². The first-order chi connectivity index (χ1) is 14.7. The van der Waals surface area contributed by atoms with Gasteiger partial charge < -0.3 is 10.0 Å². The van der Waals surface area contributed by atoms with Gasteiger partial charge in [-0.3, -0.25) is 4.79 Å². The summed E-state index contributed by atoms with van der Waals surface area (Å²) in [6.07, 6.45) is -0.392. The van der Waals surface area contributed by atoms with Crippen molar-refractivity contribution >= 4 is 23.5 Å². The highest BCUT2D eigenvalue weighted by molar-refractivity contribution is 8.00. The molecule has 1 amide bonds. The van der Waals surface area contributed by atoms with E-state index >= 15 is 0 Å². The molecule has 3 aliphatic rings. The van der Waals surface area contributed by atoms with E-state index in [0.717, 1.165) is 17.0 Å². The second kappa shape index (κ2) is 8.12. The summed E-state index contributed by atoms with van der Waals surface area (Å²) in [4.78, 5) is 14.0. The molecule has 0 heterocycles. The zero-order valence-corrected chi connectivity index (χ0v) is 17.6. The van der Waals surface area contributed by atoms with E-state index in [0.29, 0.717) is 44.2 Å². The van der Waals surface area contributed by atoms with Crippen LogP contribution in [0.25, 0.3) is 0 Å². The van der Waals surface area contributed by atoms with Gasteiger partial charge in [0.25, 0.3) is 5.91 Å². The topological polar surface area (TPSA) is 64.9 Å². The summed E-state index contributed by atoms with van der Waals surface area (Å²) in [6, 6.07) is 14.9. The third-order valence-corrected chi connectivity index (χ3v) is 7.31. The Bertz CT molecular complexity index is 992. The van der Waals surface area contributed by atoms with Crippen LogP contribution in [0, 0.1) is 16.7 Å². The molecule has 0 aromatic heterocycles. The van der Waals surface area contributed by atoms with Crippen molar-refractivity contribution in [1.82, 2.24) is 5.32 Å². The summed E-state index contributed by atoms with van der Waals surface area (Å²) >= 11 is 1.23. The van der Waals surface area contributed by atoms with Gasteiger partial charge in [0.1, 0.15) is 0 Å². The first-order valence-electron chi connectivity index (χ1n) is 10.2. The molecule has 3 fully saturated rings. The molecule has 5 rings (SSSR count). The number of anilines is 1. The molecule has 0 atom stereocenters. The number of nitrogens with one attached hydrogen (secondary N) is 2. The number of amides is 1. The van der Waals surface area contributed by atoms with Gasteiger partial charge in [-0.25, -0.2) is 0 Å². The van der Waals surface area contributed by atoms with Crippen molar-refractivity contribution < 1.29 is 18.0 Å². The monoisotopic (exact) mass is 445 g/mol. The van der Waals surface area contributed by atoms with E-state index in [9.17, 15) is 23.2 Å². The van der Waals surface area contributed by atoms with E-state index in [1.165, 1.54) is 18.0 Å². The van der Waals surface area contributed by atoms with Crippen molar-refractivity contribution in [2.24, 2.45) is 5.41 Å². The summed E-state index contributed by atoms with van der Waals surface area (Å²) in [6.45, 7) is 0. The summed E-state index contributed by atoms with van der Waals surface area (Å²) < 4.78 is 43.0. The van der Waals surface area contributed by atoms with Crippen LogP contribution in [0.1, 0.15) is 54.4 Å². The molecule has 3 aliphatic carbocycles. The predicted octanol–water partition coefficient (Wildman–Crippen LogP) is 6.17. The van der Waals surface area contributed by atoms with Crippen LogP contribution in [0.4, 0.5) is 18.9 Å². The maximum absolute atomic E-state index is 13.3. The van der Waals surface area contributed by atoms with Crippen molar-refractivity contribution in [3.8, 4) is 6.07 Å². The number of nitrogens with zero attached hydrogens (tertiary/aromatic N) is 1. The molecule has 31 heavy (non-hydrogen) atoms. The van der Waals surface area contributed by atoms with Crippen molar-refractivity contribution in [3.05, 3.63) is 59.7 Å². The summed E-state index contributed by atoms with van der Waals surface area (Å²) in [5.74, 6) is -0.520. The molecule has 8 heteroatoms. The Hall–Kier alpha value is -2.66. The Morgan fingerprint density at radius 1 is 1.00 bits per heavy atom. The molecule has 0 spiro atoms. The van der Waals surface area contributed by atoms with E-state index in [2.05, 4.69) is 16.1 Å². The third-order valence-electron chi connectivity index (χ3n) is 6.48. The molecule has 2 N–H and O–H groups in total. The zero-order valence-electron chi connectivity index (χ0n) is 16.8. The molecule has 0 unspecified atom stereocenters. The standard InChI is InChI=1S/C23H22F3N3OS/c24-23(25,26)16-6-7-19(29-31-17-4-2-1-3-5-17)18(14-16)20(30)28-22-11-8-21(15-27,9-12-22)10-13-22/h1-7,14,29H,8-13H2,(H,28,30). The van der Waals surface area contributed by atoms with Crippen LogP contribution >= 0.6 is 11.9 Å². The van der Waals surface area contributed by atoms with Gasteiger partial charge >= 0.3 is 6.18 Å². The lowest BCUT2D eigenvalue weighted by atomic mass is 9.58. The number of carbonyl (C=O) groups is 1. The lowest BCUT2D eigenvalue weighted by molar-refractivity contribution is -0.137. The molecule has 2 aromatic carbocycles. The van der Waals surface area contributed by atoms with Crippen molar-refractivity contribution in [2.45, 2.75) is 55.1 Å². The maximum atomic E-state index is 13.3. The number of rotatable bonds is 5. The number of carbonyl (C=O) groups excluding carboxylic acids is 1. The number of hydrogen-bond donors (Lipinski definition) is 2. The number of halogens is 3. The predicted molar refractivity (Wildman–Crippen MR) is 113 cm³/mol. The van der Waals surface area contributed by atoms with E-state index in [4.69, 9.17) is 0 Å². The van der Waals surface area contributed by atoms with Crippen molar-refractivity contribution in [3.63, 3.8) is 0 Å². The summed E-state index contributed by atoms with van der Waals surface area (Å²) in [5, 5.41) is 12.5. The molecule has 3 saturated carbocycles. The molecular formula is C23H22F3N3OS. The minimum Gasteiger partial charge on any atom is -0.347 e. The average molecular weight is 446 g/mol. The Kier molecular flexibility index (Phi) is 5.65. The van der Waals surface area contributed by atoms with E-state index in [-0.39, 0.29) is 11.0 Å². The summed E-state index contributed by atoms with van der Waals surface area (Å²) in [5.41, 5.74) is -1.32. The first-order valence-corrected chi connectivity index (χ1v) is 11.0. The molecule has 0 radical (unpaired) electrons. The number of fused-ring (bicyclic) bond motifs is 3. The maximum Gasteiger partial charge on any atom is 0.416 e. The van der Waals surface area contributed by atoms with Crippen LogP contribution in [0.5, 0.6) is 0 Å². The Labute approximate surface area is 183 Å². The smallest absolute Gasteiger partial charge is 0.347 e. The highest BCUT2D eigenvalue weighted by Gasteiger charge is 2.49. The van der Waals surface area contributed by atoms with Crippen LogP contribution in [-0.2, 0) is 6.18 Å². The average Bonchev–Trinajstić information content (AvgIpc) is 2.78. The largest absolute Gasteiger partial charge is 0.416 e. The molecular weight excluding hydrogens is 423 g/mol. The van der Waals surface area contributed by atoms with Gasteiger partial charge in [-0.05, 0) is 80.8 Å². The molecule has 162 valence electrons. The van der Waals surface area contributed by atoms with Gasteiger partial charge in [-0.15, -0.1) is 0 Å². The van der Waals surface area contributed by atoms with Crippen molar-refractivity contribution in [2.75, 3.05) is 4.72 Å². The minimum atomic E-state index is -4.54. The van der Waals surface area contributed by atoms with Gasteiger partial charge in [0.05, 0.1) is 28.3 Å². The van der Waals surface area contributed by atoms with Gasteiger partial charge in [-0.2, -0.15) is 18.4 Å². The van der Waals surface area contributed by atoms with Gasteiger partial charge in [0, 0.05) is 10.4 Å². The minimum absolute atomic E-state index is 0.0321. The fourth-order valence-electron chi connectivity index (χ4n) is 4.45. The number of alkyl halides is 3. The quantitative estimate of drug-likeness (QED) is 0.540. The highest BCUT2D eigenvalue weighted by atomic mass is 32.2. The molecule has 2 bridgehead atoms. The lowest BCUT2D eigenvalue weighted by Gasteiger charge is -2.50. The van der Waals surface area contributed by atoms with Crippen LogP contribution in [-0.4, -0.2) is 11.4 Å². The van der Waals surface area contributed by atoms with Crippen LogP contribution < -0.4 is 10.0 Å². The summed E-state index contributed by atoms with van der Waals surface area (Å²) in [7, 11) is 0. The number of hydrogen-bond acceptors (Lipinski definition) is 4. The first kappa shape index (κ1) is 21.6. The fourth-order valence-corrected chi connectivity index (χ4v) is 5.15. The fraction of sp³-hybridized carbons (Fsp3) is 0.391. The highest BCUT2D eigenvalue weighted by Crippen LogP contribution is 2.52. The number of benzene rings is 2. The second-order valence-corrected chi connectivity index (χ2v) is 9.28. The molecule has 0 aliphatic heterocycles. The normalized spacial score (nSPS) is 25.0. The molecule has 0 saturated heterocycles. The Morgan fingerprint density at radius 2 is 1.65 bits per heavy atom. The Morgan fingerprint density at radius 3 is 2.23 bits per heavy atom. The second-order valence-electron chi connectivity index (χ2n) is 8.40. The van der Waals surface area contributed by atoms with Gasteiger partial charge in [0.15, 0.2) is 0 Å². The van der Waals surface area contributed by atoms with Gasteiger partial charge in [-0.1, -0.05) is 18.2 Å². The van der Waals surface area contributed by atoms with Crippen LogP contribution in [0.3, 0.4) is 0 Å². The van der Waals surface area contributed by atoms with E-state index in [1.807, 2.05) is 30.3 Å². The lowest BCUT2D eigenvalue weighted by Crippen LogP contribution is -2.56. The molecule has 4 nitrogen and oxygen atoms in total. The zero-order chi connectivity index (χ0) is 22.1. The van der Waals surface area contributed by atoms with Crippen LogP contribution in [0.15, 0.2) is 53.4 Å². The molecule has 2 aromatic rings. The van der Waals surface area contributed by atoms with E-state index in [1.54, 1.807) is 0 Å². The van der Waals surface area contributed by atoms with Crippen LogP contribution in [0.2, 0.25) is 0 Å². The number of nitriles is 1. The Balaban J connectivity index is 1.57. The SMILES string of the molecule is N#CC12CCC(NC(=O)c3cc(C(F)(F)F)ccc3NSc3ccccc3)(CC1)CC2. The third kappa shape index (κ3) is 4.52. The van der Waals surface area contributed by atoms with Gasteiger partial charge in [0.2, 0.25) is 0 Å². The van der Waals surface area contributed by atoms with Crippen molar-refractivity contribution in [1.29, 1.82) is 5.26 Å².